The summed E-state index contributed by atoms with van der Waals surface area (Å²) in [6, 6.07) is 7.24. The van der Waals surface area contributed by atoms with Crippen LogP contribution in [0.2, 0.25) is 0 Å². The second-order valence-electron chi connectivity index (χ2n) is 5.60. The van der Waals surface area contributed by atoms with E-state index in [4.69, 9.17) is 4.74 Å². The molecule has 1 aliphatic heterocycles. The molecule has 0 aromatic heterocycles. The van der Waals surface area contributed by atoms with Gasteiger partial charge in [-0.15, -0.1) is 0 Å². The Hall–Kier alpha value is -1.39. The first kappa shape index (κ1) is 16.0. The van der Waals surface area contributed by atoms with Crippen LogP contribution >= 0.6 is 0 Å². The van der Waals surface area contributed by atoms with Crippen molar-refractivity contribution in [1.29, 1.82) is 0 Å². The molecular formula is C17H25NO3. The van der Waals surface area contributed by atoms with Crippen LogP contribution in [0.15, 0.2) is 24.3 Å². The van der Waals surface area contributed by atoms with Crippen molar-refractivity contribution in [2.75, 3.05) is 26.2 Å². The zero-order valence-electron chi connectivity index (χ0n) is 12.8. The standard InChI is InChI=1S/C17H25NO3/c1-2-16(20)15-8-4-5-9-17(15)21-13-14(19)12-18-10-6-3-7-11-18/h4-5,8-9,14,19H,2-3,6-7,10-13H2,1H3/t14-/m0/s1. The van der Waals surface area contributed by atoms with E-state index in [1.807, 2.05) is 19.1 Å². The number of carbonyl (C=O) groups is 1. The van der Waals surface area contributed by atoms with Crippen LogP contribution < -0.4 is 4.74 Å². The van der Waals surface area contributed by atoms with Gasteiger partial charge in [0.15, 0.2) is 5.78 Å². The summed E-state index contributed by atoms with van der Waals surface area (Å²) in [7, 11) is 0. The minimum absolute atomic E-state index is 0.0659. The van der Waals surface area contributed by atoms with Gasteiger partial charge in [0.05, 0.1) is 5.56 Å². The van der Waals surface area contributed by atoms with Crippen molar-refractivity contribution in [3.63, 3.8) is 0 Å². The van der Waals surface area contributed by atoms with Crippen molar-refractivity contribution in [1.82, 2.24) is 4.90 Å². The molecule has 0 bridgehead atoms. The highest BCUT2D eigenvalue weighted by Crippen LogP contribution is 2.20. The molecule has 0 spiro atoms. The number of nitrogens with zero attached hydrogens (tertiary/aromatic N) is 1. The summed E-state index contributed by atoms with van der Waals surface area (Å²) in [5.74, 6) is 0.637. The lowest BCUT2D eigenvalue weighted by Crippen LogP contribution is -2.38. The number of Topliss-reactive ketones (excluding diaryl/α,β-unsaturated/α-hetero) is 1. The Labute approximate surface area is 126 Å². The predicted molar refractivity (Wildman–Crippen MR) is 82.9 cm³/mol. The monoisotopic (exact) mass is 291 g/mol. The maximum atomic E-state index is 11.8. The lowest BCUT2D eigenvalue weighted by molar-refractivity contribution is 0.0611. The van der Waals surface area contributed by atoms with E-state index in [9.17, 15) is 9.90 Å². The minimum Gasteiger partial charge on any atom is -0.490 e. The molecule has 1 aromatic rings. The number of aliphatic hydroxyl groups excluding tert-OH is 1. The fourth-order valence-corrected chi connectivity index (χ4v) is 2.69. The maximum Gasteiger partial charge on any atom is 0.166 e. The molecular weight excluding hydrogens is 266 g/mol. The van der Waals surface area contributed by atoms with Crippen molar-refractivity contribution in [2.24, 2.45) is 0 Å². The summed E-state index contributed by atoms with van der Waals surface area (Å²) in [4.78, 5) is 14.1. The molecule has 1 N–H and O–H groups in total. The van der Waals surface area contributed by atoms with Crippen LogP contribution in [0.4, 0.5) is 0 Å². The highest BCUT2D eigenvalue weighted by Gasteiger charge is 2.16. The highest BCUT2D eigenvalue weighted by atomic mass is 16.5. The van der Waals surface area contributed by atoms with Gasteiger partial charge in [-0.25, -0.2) is 0 Å². The molecule has 1 saturated heterocycles. The van der Waals surface area contributed by atoms with Gasteiger partial charge < -0.3 is 14.7 Å². The van der Waals surface area contributed by atoms with Crippen molar-refractivity contribution >= 4 is 5.78 Å². The van der Waals surface area contributed by atoms with E-state index in [-0.39, 0.29) is 12.4 Å². The molecule has 0 aliphatic carbocycles. The number of aliphatic hydroxyl groups is 1. The number of carbonyl (C=O) groups excluding carboxylic acids is 1. The van der Waals surface area contributed by atoms with Gasteiger partial charge in [0, 0.05) is 13.0 Å². The second kappa shape index (κ2) is 8.15. The van der Waals surface area contributed by atoms with Gasteiger partial charge in [0.25, 0.3) is 0 Å². The van der Waals surface area contributed by atoms with E-state index in [2.05, 4.69) is 4.90 Å². The third kappa shape index (κ3) is 4.83. The van der Waals surface area contributed by atoms with Gasteiger partial charge in [0.1, 0.15) is 18.5 Å². The van der Waals surface area contributed by atoms with Crippen LogP contribution in [-0.2, 0) is 0 Å². The van der Waals surface area contributed by atoms with Gasteiger partial charge in [-0.2, -0.15) is 0 Å². The van der Waals surface area contributed by atoms with E-state index in [1.54, 1.807) is 12.1 Å². The molecule has 0 amide bonds. The lowest BCUT2D eigenvalue weighted by Gasteiger charge is -2.28. The molecule has 1 aromatic carbocycles. The largest absolute Gasteiger partial charge is 0.490 e. The number of β-amino-alcohol motifs (C(OH)–C–C–N with tert-alkyl or cyclic N) is 1. The maximum absolute atomic E-state index is 11.8. The molecule has 1 heterocycles. The molecule has 2 rings (SSSR count). The quantitative estimate of drug-likeness (QED) is 0.784. The summed E-state index contributed by atoms with van der Waals surface area (Å²) >= 11 is 0. The van der Waals surface area contributed by atoms with Crippen molar-refractivity contribution < 1.29 is 14.6 Å². The number of benzene rings is 1. The van der Waals surface area contributed by atoms with Crippen LogP contribution in [0.5, 0.6) is 5.75 Å². The summed E-state index contributed by atoms with van der Waals surface area (Å²) in [6.07, 6.45) is 3.64. The fourth-order valence-electron chi connectivity index (χ4n) is 2.69. The topological polar surface area (TPSA) is 49.8 Å². The third-order valence-corrected chi connectivity index (χ3v) is 3.86. The van der Waals surface area contributed by atoms with Gasteiger partial charge in [-0.05, 0) is 38.1 Å². The fraction of sp³-hybridized carbons (Fsp3) is 0.588. The van der Waals surface area contributed by atoms with E-state index >= 15 is 0 Å². The Balaban J connectivity index is 1.86. The molecule has 21 heavy (non-hydrogen) atoms. The summed E-state index contributed by atoms with van der Waals surface area (Å²) in [5, 5.41) is 10.1. The van der Waals surface area contributed by atoms with Gasteiger partial charge in [-0.1, -0.05) is 25.5 Å². The Morgan fingerprint density at radius 1 is 1.29 bits per heavy atom. The number of hydrogen-bond acceptors (Lipinski definition) is 4. The number of para-hydroxylation sites is 1. The third-order valence-electron chi connectivity index (χ3n) is 3.86. The second-order valence-corrected chi connectivity index (χ2v) is 5.60. The Morgan fingerprint density at radius 2 is 2.00 bits per heavy atom. The number of ketones is 1. The number of likely N-dealkylation sites (tertiary alicyclic amines) is 1. The Kier molecular flexibility index (Phi) is 6.21. The first-order valence-electron chi connectivity index (χ1n) is 7.86. The molecule has 116 valence electrons. The van der Waals surface area contributed by atoms with Gasteiger partial charge in [0.2, 0.25) is 0 Å². The van der Waals surface area contributed by atoms with Crippen LogP contribution in [0.3, 0.4) is 0 Å². The number of hydrogen-bond donors (Lipinski definition) is 1. The molecule has 0 unspecified atom stereocenters. The summed E-state index contributed by atoms with van der Waals surface area (Å²) < 4.78 is 5.67. The SMILES string of the molecule is CCC(=O)c1ccccc1OC[C@@H](O)CN1CCCCC1. The van der Waals surface area contributed by atoms with Crippen LogP contribution in [0.25, 0.3) is 0 Å². The lowest BCUT2D eigenvalue weighted by atomic mass is 10.1. The first-order chi connectivity index (χ1) is 10.2. The normalized spacial score (nSPS) is 17.4. The van der Waals surface area contributed by atoms with Gasteiger partial charge in [-0.3, -0.25) is 4.79 Å². The molecule has 1 aliphatic rings. The van der Waals surface area contributed by atoms with Crippen molar-refractivity contribution in [3.05, 3.63) is 29.8 Å². The first-order valence-corrected chi connectivity index (χ1v) is 7.86. The van der Waals surface area contributed by atoms with Crippen LogP contribution in [0.1, 0.15) is 43.0 Å². The van der Waals surface area contributed by atoms with Gasteiger partial charge >= 0.3 is 0 Å². The average Bonchev–Trinajstić information content (AvgIpc) is 2.53. The van der Waals surface area contributed by atoms with E-state index < -0.39 is 6.10 Å². The molecule has 1 atom stereocenters. The molecule has 0 radical (unpaired) electrons. The molecule has 1 fully saturated rings. The summed E-state index contributed by atoms with van der Waals surface area (Å²) in [6.45, 7) is 4.82. The van der Waals surface area contributed by atoms with E-state index in [0.29, 0.717) is 24.3 Å². The van der Waals surface area contributed by atoms with Crippen LogP contribution in [0, 0.1) is 0 Å². The number of piperidine rings is 1. The smallest absolute Gasteiger partial charge is 0.166 e. The summed E-state index contributed by atoms with van der Waals surface area (Å²) in [5.41, 5.74) is 0.602. The van der Waals surface area contributed by atoms with Crippen molar-refractivity contribution in [3.8, 4) is 5.75 Å². The van der Waals surface area contributed by atoms with E-state index in [1.165, 1.54) is 19.3 Å². The van der Waals surface area contributed by atoms with Crippen LogP contribution in [-0.4, -0.2) is 48.1 Å². The Morgan fingerprint density at radius 3 is 2.71 bits per heavy atom. The van der Waals surface area contributed by atoms with Crippen molar-refractivity contribution in [2.45, 2.75) is 38.7 Å². The Bertz CT molecular complexity index is 455. The molecule has 4 heteroatoms. The highest BCUT2D eigenvalue weighted by molar-refractivity contribution is 5.98. The van der Waals surface area contributed by atoms with E-state index in [0.717, 1.165) is 13.1 Å². The number of ether oxygens (including phenoxy) is 1. The average molecular weight is 291 g/mol. The molecule has 4 nitrogen and oxygen atoms in total. The zero-order valence-corrected chi connectivity index (χ0v) is 12.8. The molecule has 0 saturated carbocycles. The zero-order chi connectivity index (χ0) is 15.1. The minimum atomic E-state index is -0.520. The number of rotatable bonds is 7. The predicted octanol–water partition coefficient (Wildman–Crippen LogP) is 2.50.